The summed E-state index contributed by atoms with van der Waals surface area (Å²) in [5, 5.41) is -0.242. The van der Waals surface area contributed by atoms with Crippen LogP contribution < -0.4 is 21.9 Å². The smallest absolute Gasteiger partial charge is 0.351 e. The van der Waals surface area contributed by atoms with Crippen LogP contribution in [0.2, 0.25) is 5.02 Å². The van der Waals surface area contributed by atoms with Gasteiger partial charge in [0.25, 0.3) is 0 Å². The first-order chi connectivity index (χ1) is 13.1. The number of benzene rings is 1. The summed E-state index contributed by atoms with van der Waals surface area (Å²) in [5.74, 6) is -3.25. The lowest BCUT2D eigenvalue weighted by atomic mass is 10.2. The van der Waals surface area contributed by atoms with E-state index in [2.05, 4.69) is 4.74 Å². The molecule has 2 aromatic rings. The Bertz CT molecular complexity index is 1100. The van der Waals surface area contributed by atoms with E-state index in [0.29, 0.717) is 4.57 Å². The van der Waals surface area contributed by atoms with Crippen LogP contribution in [0.4, 0.5) is 4.39 Å². The van der Waals surface area contributed by atoms with Gasteiger partial charge in [-0.2, -0.15) is 0 Å². The van der Waals surface area contributed by atoms with Crippen molar-refractivity contribution in [2.24, 2.45) is 19.8 Å². The van der Waals surface area contributed by atoms with E-state index in [1.807, 2.05) is 0 Å². The van der Waals surface area contributed by atoms with E-state index in [4.69, 9.17) is 34.3 Å². The summed E-state index contributed by atoms with van der Waals surface area (Å²) in [5.41, 5.74) is 2.75. The third-order valence-electron chi connectivity index (χ3n) is 3.51. The van der Waals surface area contributed by atoms with Crippen molar-refractivity contribution in [3.63, 3.8) is 0 Å². The average molecular weight is 433 g/mol. The number of rotatable bonds is 5. The van der Waals surface area contributed by atoms with E-state index in [1.54, 1.807) is 0 Å². The molecule has 28 heavy (non-hydrogen) atoms. The molecule has 1 heterocycles. The first-order valence-electron chi connectivity index (χ1n) is 7.53. The van der Waals surface area contributed by atoms with Crippen LogP contribution in [0.5, 0.6) is 5.75 Å². The molecule has 0 radical (unpaired) electrons. The first kappa shape index (κ1) is 21.5. The highest BCUT2D eigenvalue weighted by atomic mass is 35.5. The molecule has 0 aliphatic heterocycles. The molecule has 0 saturated heterocycles. The number of ether oxygens (including phenoxy) is 2. The third kappa shape index (κ3) is 4.18. The highest BCUT2D eigenvalue weighted by Gasteiger charge is 2.19. The van der Waals surface area contributed by atoms with Crippen molar-refractivity contribution in [2.75, 3.05) is 13.2 Å². The topological polar surface area (TPSA) is 128 Å². The zero-order valence-electron chi connectivity index (χ0n) is 14.6. The molecule has 2 N–H and O–H groups in total. The molecule has 0 bridgehead atoms. The average Bonchev–Trinajstić information content (AvgIpc) is 2.65. The van der Waals surface area contributed by atoms with Gasteiger partial charge in [0.15, 0.2) is 11.4 Å². The molecule has 0 fully saturated rings. The Hall–Kier alpha value is -2.83. The number of halogens is 2. The van der Waals surface area contributed by atoms with Crippen LogP contribution in [0, 0.1) is 10.6 Å². The minimum atomic E-state index is -1.06. The van der Waals surface area contributed by atoms with Crippen molar-refractivity contribution in [3.05, 3.63) is 48.7 Å². The van der Waals surface area contributed by atoms with Crippen molar-refractivity contribution >= 4 is 35.8 Å². The molecule has 13 heteroatoms. The lowest BCUT2D eigenvalue weighted by Gasteiger charge is -2.13. The highest BCUT2D eigenvalue weighted by Crippen LogP contribution is 2.29. The van der Waals surface area contributed by atoms with Gasteiger partial charge in [0.05, 0.1) is 17.3 Å². The maximum absolute atomic E-state index is 14.4. The van der Waals surface area contributed by atoms with E-state index in [9.17, 15) is 23.6 Å². The van der Waals surface area contributed by atoms with Crippen LogP contribution >= 0.6 is 23.8 Å². The Balaban J connectivity index is 2.50. The molecular formula is C15H14ClFN4O6S. The summed E-state index contributed by atoms with van der Waals surface area (Å²) in [6.07, 6.45) is 0. The normalized spacial score (nSPS) is 10.6. The van der Waals surface area contributed by atoms with E-state index in [0.717, 1.165) is 21.3 Å². The highest BCUT2D eigenvalue weighted by molar-refractivity contribution is 7.71. The van der Waals surface area contributed by atoms with Crippen LogP contribution in [0.15, 0.2) is 21.7 Å². The Labute approximate surface area is 166 Å². The first-order valence-corrected chi connectivity index (χ1v) is 8.32. The van der Waals surface area contributed by atoms with Gasteiger partial charge in [-0.1, -0.05) is 11.6 Å². The van der Waals surface area contributed by atoms with E-state index >= 15 is 0 Å². The zero-order chi connectivity index (χ0) is 21.2. The number of hydrogen-bond donors (Lipinski definition) is 1. The molecule has 0 unspecified atom stereocenters. The second kappa shape index (κ2) is 8.46. The van der Waals surface area contributed by atoms with Crippen molar-refractivity contribution < 1.29 is 23.5 Å². The molecule has 0 atom stereocenters. The number of aromatic nitrogens is 3. The molecular weight excluding hydrogens is 419 g/mol. The van der Waals surface area contributed by atoms with Gasteiger partial charge in [-0.25, -0.2) is 23.3 Å². The van der Waals surface area contributed by atoms with Gasteiger partial charge in [0, 0.05) is 20.2 Å². The van der Waals surface area contributed by atoms with Crippen LogP contribution in [0.3, 0.4) is 0 Å². The van der Waals surface area contributed by atoms with E-state index in [-0.39, 0.29) is 15.5 Å². The van der Waals surface area contributed by atoms with Gasteiger partial charge in [-0.15, -0.1) is 0 Å². The maximum atomic E-state index is 14.4. The Morgan fingerprint density at radius 1 is 1.18 bits per heavy atom. The maximum Gasteiger partial charge on any atom is 0.351 e. The lowest BCUT2D eigenvalue weighted by Crippen LogP contribution is -2.43. The number of carbonyl (C=O) groups is 2. The fraction of sp³-hybridized carbons (Fsp3) is 0.267. The van der Waals surface area contributed by atoms with Crippen molar-refractivity contribution in [2.45, 2.75) is 0 Å². The number of hydrogen-bond acceptors (Lipinski definition) is 8. The molecule has 0 aliphatic rings. The third-order valence-corrected chi connectivity index (χ3v) is 4.36. The van der Waals surface area contributed by atoms with Gasteiger partial charge in [0.1, 0.15) is 11.6 Å². The van der Waals surface area contributed by atoms with Crippen LogP contribution in [0.1, 0.15) is 0 Å². The summed E-state index contributed by atoms with van der Waals surface area (Å²) in [7, 11) is 2.63. The van der Waals surface area contributed by atoms with Crippen molar-refractivity contribution in [3.8, 4) is 11.4 Å². The van der Waals surface area contributed by atoms with Crippen LogP contribution in [-0.2, 0) is 28.4 Å². The van der Waals surface area contributed by atoms with Crippen molar-refractivity contribution in [1.29, 1.82) is 0 Å². The van der Waals surface area contributed by atoms with Gasteiger partial charge in [-0.05, 0) is 18.3 Å². The molecule has 0 amide bonds. The summed E-state index contributed by atoms with van der Waals surface area (Å²) in [6.45, 7) is -1.25. The molecule has 1 aromatic carbocycles. The number of carbonyl (C=O) groups excluding carboxylic acids is 2. The minimum Gasteiger partial charge on any atom is -0.480 e. The van der Waals surface area contributed by atoms with Gasteiger partial charge >= 0.3 is 23.3 Å². The molecule has 0 aliphatic carbocycles. The Kier molecular flexibility index (Phi) is 6.48. The molecule has 0 spiro atoms. The fourth-order valence-corrected chi connectivity index (χ4v) is 2.47. The Morgan fingerprint density at radius 3 is 2.29 bits per heavy atom. The van der Waals surface area contributed by atoms with Crippen molar-refractivity contribution in [1.82, 2.24) is 13.7 Å². The predicted octanol–water partition coefficient (Wildman–Crippen LogP) is -0.196. The standard InChI is InChI=1S/C15H14ClFN4O6S/c1-19-13(24)21(14(25)20(2)15(19)28)9-4-10(7(16)3-8(9)17)26-6-12(23)27-11(22)5-18/h3-4H,5-6,18H2,1-2H3. The summed E-state index contributed by atoms with van der Waals surface area (Å²) >= 11 is 10.8. The second-order valence-corrected chi connectivity index (χ2v) is 6.15. The quantitative estimate of drug-likeness (QED) is 0.391. The fourth-order valence-electron chi connectivity index (χ4n) is 2.11. The van der Waals surface area contributed by atoms with E-state index < -0.39 is 48.0 Å². The number of nitrogens with two attached hydrogens (primary N) is 1. The minimum absolute atomic E-state index is 0.0654. The summed E-state index contributed by atoms with van der Waals surface area (Å²) in [6, 6.07) is 1.76. The lowest BCUT2D eigenvalue weighted by molar-refractivity contribution is -0.160. The van der Waals surface area contributed by atoms with Gasteiger partial charge < -0.3 is 15.2 Å². The molecule has 0 saturated carbocycles. The molecule has 10 nitrogen and oxygen atoms in total. The molecule has 1 aromatic heterocycles. The van der Waals surface area contributed by atoms with Gasteiger partial charge in [0.2, 0.25) is 0 Å². The van der Waals surface area contributed by atoms with E-state index in [1.165, 1.54) is 14.1 Å². The molecule has 2 rings (SSSR count). The Morgan fingerprint density at radius 2 is 1.75 bits per heavy atom. The summed E-state index contributed by atoms with van der Waals surface area (Å²) < 4.78 is 26.3. The predicted molar refractivity (Wildman–Crippen MR) is 97.7 cm³/mol. The summed E-state index contributed by atoms with van der Waals surface area (Å²) in [4.78, 5) is 47.3. The monoisotopic (exact) mass is 432 g/mol. The SMILES string of the molecule is Cn1c(=S)n(C)c(=O)n(-c2cc(OCC(=O)OC(=O)CN)c(Cl)cc2F)c1=O. The number of esters is 2. The largest absolute Gasteiger partial charge is 0.480 e. The second-order valence-electron chi connectivity index (χ2n) is 5.37. The van der Waals surface area contributed by atoms with Gasteiger partial charge in [-0.3, -0.25) is 13.9 Å². The van der Waals surface area contributed by atoms with Crippen LogP contribution in [-0.4, -0.2) is 38.8 Å². The molecule has 150 valence electrons. The number of nitrogens with zero attached hydrogens (tertiary/aromatic N) is 3. The zero-order valence-corrected chi connectivity index (χ0v) is 16.2. The van der Waals surface area contributed by atoms with Crippen LogP contribution in [0.25, 0.3) is 5.69 Å².